The van der Waals surface area contributed by atoms with Crippen LogP contribution in [0.2, 0.25) is 5.02 Å². The number of nitrogens with zero attached hydrogens (tertiary/aromatic N) is 3. The van der Waals surface area contributed by atoms with Gasteiger partial charge in [-0.3, -0.25) is 10.1 Å². The van der Waals surface area contributed by atoms with E-state index in [1.165, 1.54) is 6.07 Å². The molecule has 0 bridgehead atoms. The predicted octanol–water partition coefficient (Wildman–Crippen LogP) is 6.25. The molecule has 0 aliphatic carbocycles. The molecule has 2 atom stereocenters. The second-order valence-corrected chi connectivity index (χ2v) is 8.47. The molecule has 0 N–H and O–H groups in total. The molecule has 0 fully saturated rings. The van der Waals surface area contributed by atoms with Crippen molar-refractivity contribution in [3.63, 3.8) is 0 Å². The smallest absolute Gasteiger partial charge is 0.278 e. The highest BCUT2D eigenvalue weighted by molar-refractivity contribution is 9.10. The summed E-state index contributed by atoms with van der Waals surface area (Å²) in [5, 5.41) is 18.9. The molecule has 8 heteroatoms. The van der Waals surface area contributed by atoms with Crippen LogP contribution in [-0.4, -0.2) is 15.6 Å². The van der Waals surface area contributed by atoms with Crippen LogP contribution in [-0.2, 0) is 0 Å². The van der Waals surface area contributed by atoms with Gasteiger partial charge in [0.25, 0.3) is 5.69 Å². The van der Waals surface area contributed by atoms with Crippen LogP contribution in [0.15, 0.2) is 76.3 Å². The van der Waals surface area contributed by atoms with E-state index in [4.69, 9.17) is 21.4 Å². The highest BCUT2D eigenvalue weighted by atomic mass is 79.9. The van der Waals surface area contributed by atoms with Gasteiger partial charge in [0, 0.05) is 27.5 Å². The number of para-hydroxylation sites is 1. The monoisotopic (exact) mass is 483 g/mol. The molecule has 0 amide bonds. The minimum absolute atomic E-state index is 0.00551. The fraction of sp³-hybridized carbons (Fsp3) is 0.136. The second kappa shape index (κ2) is 7.41. The number of ether oxygens (including phenoxy) is 1. The summed E-state index contributed by atoms with van der Waals surface area (Å²) >= 11 is 9.71. The minimum atomic E-state index is -0.710. The molecule has 0 saturated carbocycles. The lowest BCUT2D eigenvalue weighted by Gasteiger charge is -2.38. The van der Waals surface area contributed by atoms with Crippen molar-refractivity contribution >= 4 is 38.9 Å². The Morgan fingerprint density at radius 2 is 1.87 bits per heavy atom. The Morgan fingerprint density at radius 3 is 2.63 bits per heavy atom. The third kappa shape index (κ3) is 3.24. The van der Waals surface area contributed by atoms with E-state index in [0.717, 1.165) is 21.3 Å². The van der Waals surface area contributed by atoms with Gasteiger partial charge in [0.2, 0.25) is 6.23 Å². The topological polar surface area (TPSA) is 68.0 Å². The molecule has 3 aromatic carbocycles. The number of fused-ring (bicyclic) bond motifs is 3. The van der Waals surface area contributed by atoms with Crippen LogP contribution in [0.3, 0.4) is 0 Å². The lowest BCUT2D eigenvalue weighted by molar-refractivity contribution is -0.386. The molecule has 0 radical (unpaired) electrons. The van der Waals surface area contributed by atoms with Gasteiger partial charge in [-0.2, -0.15) is 5.10 Å². The number of hydrazone groups is 1. The first-order chi connectivity index (χ1) is 14.5. The average Bonchev–Trinajstić information content (AvgIpc) is 3.19. The molecule has 0 aromatic heterocycles. The summed E-state index contributed by atoms with van der Waals surface area (Å²) in [7, 11) is 0. The molecule has 2 heterocycles. The Labute approximate surface area is 186 Å². The first-order valence-electron chi connectivity index (χ1n) is 9.32. The van der Waals surface area contributed by atoms with Crippen LogP contribution < -0.4 is 4.74 Å². The maximum Gasteiger partial charge on any atom is 0.278 e. The maximum atomic E-state index is 11.6. The number of halogens is 2. The zero-order valence-electron chi connectivity index (χ0n) is 15.5. The van der Waals surface area contributed by atoms with Crippen molar-refractivity contribution in [1.82, 2.24) is 5.01 Å². The first kappa shape index (κ1) is 19.1. The molecular weight excluding hydrogens is 470 g/mol. The number of nitro groups is 1. The van der Waals surface area contributed by atoms with Crippen molar-refractivity contribution in [1.29, 1.82) is 0 Å². The Hall–Kier alpha value is -2.90. The number of nitro benzene ring substituents is 1. The lowest BCUT2D eigenvalue weighted by Crippen LogP contribution is -2.34. The minimum Gasteiger partial charge on any atom is -0.464 e. The summed E-state index contributed by atoms with van der Waals surface area (Å²) < 4.78 is 7.22. The third-order valence-corrected chi connectivity index (χ3v) is 6.09. The van der Waals surface area contributed by atoms with Gasteiger partial charge < -0.3 is 4.74 Å². The van der Waals surface area contributed by atoms with Crippen molar-refractivity contribution in [2.75, 3.05) is 0 Å². The Bertz CT molecular complexity index is 1180. The molecule has 150 valence electrons. The van der Waals surface area contributed by atoms with E-state index in [9.17, 15) is 10.1 Å². The maximum absolute atomic E-state index is 11.6. The summed E-state index contributed by atoms with van der Waals surface area (Å²) in [5.41, 5.74) is 3.29. The van der Waals surface area contributed by atoms with Crippen molar-refractivity contribution in [2.45, 2.75) is 18.7 Å². The Balaban J connectivity index is 1.64. The zero-order valence-corrected chi connectivity index (χ0v) is 17.9. The van der Waals surface area contributed by atoms with Gasteiger partial charge in [0.05, 0.1) is 22.2 Å². The van der Waals surface area contributed by atoms with Gasteiger partial charge in [-0.05, 0) is 42.0 Å². The summed E-state index contributed by atoms with van der Waals surface area (Å²) in [6.45, 7) is 0. The van der Waals surface area contributed by atoms with Crippen molar-refractivity contribution in [3.8, 4) is 5.75 Å². The SMILES string of the molecule is O=[N+]([O-])c1ccccc1[C@@H]1Oc2ccc(Cl)cc2[C@H]2CC(c3ccc(Br)cc3)=NN21. The van der Waals surface area contributed by atoms with Crippen LogP contribution in [0, 0.1) is 10.1 Å². The fourth-order valence-electron chi connectivity index (χ4n) is 3.94. The van der Waals surface area contributed by atoms with Crippen LogP contribution in [0.4, 0.5) is 5.69 Å². The van der Waals surface area contributed by atoms with E-state index in [1.54, 1.807) is 24.3 Å². The molecule has 0 saturated heterocycles. The van der Waals surface area contributed by atoms with Gasteiger partial charge in [-0.25, -0.2) is 5.01 Å². The molecule has 0 unspecified atom stereocenters. The van der Waals surface area contributed by atoms with Crippen LogP contribution in [0.5, 0.6) is 5.75 Å². The number of rotatable bonds is 3. The molecule has 6 nitrogen and oxygen atoms in total. The third-order valence-electron chi connectivity index (χ3n) is 5.33. The summed E-state index contributed by atoms with van der Waals surface area (Å²) in [4.78, 5) is 11.2. The van der Waals surface area contributed by atoms with E-state index in [1.807, 2.05) is 41.4 Å². The molecule has 0 spiro atoms. The van der Waals surface area contributed by atoms with Crippen molar-refractivity contribution in [3.05, 3.63) is 103 Å². The Morgan fingerprint density at radius 1 is 1.10 bits per heavy atom. The summed E-state index contributed by atoms with van der Waals surface area (Å²) in [6, 6.07) is 19.9. The quantitative estimate of drug-likeness (QED) is 0.325. The van der Waals surface area contributed by atoms with E-state index in [2.05, 4.69) is 15.9 Å². The van der Waals surface area contributed by atoms with Crippen LogP contribution in [0.25, 0.3) is 0 Å². The zero-order chi connectivity index (χ0) is 20.8. The molecular formula is C22H15BrClN3O3. The van der Waals surface area contributed by atoms with Gasteiger partial charge in [-0.1, -0.05) is 51.8 Å². The average molecular weight is 485 g/mol. The summed E-state index contributed by atoms with van der Waals surface area (Å²) in [6.07, 6.45) is -0.0617. The molecule has 3 aromatic rings. The number of hydrogen-bond acceptors (Lipinski definition) is 5. The number of hydrogen-bond donors (Lipinski definition) is 0. The molecule has 2 aliphatic heterocycles. The van der Waals surface area contributed by atoms with E-state index >= 15 is 0 Å². The highest BCUT2D eigenvalue weighted by Crippen LogP contribution is 2.49. The molecule has 5 rings (SSSR count). The van der Waals surface area contributed by atoms with Crippen LogP contribution >= 0.6 is 27.5 Å². The molecule has 30 heavy (non-hydrogen) atoms. The van der Waals surface area contributed by atoms with Crippen molar-refractivity contribution in [2.24, 2.45) is 5.10 Å². The van der Waals surface area contributed by atoms with E-state index < -0.39 is 6.23 Å². The standard InChI is InChI=1S/C22H15BrClN3O3/c23-14-7-5-13(6-8-14)18-12-20-17-11-15(24)9-10-21(17)30-22(26(20)25-18)16-3-1-2-4-19(16)27(28)29/h1-11,20,22H,12H2/t20-,22+/m1/s1. The van der Waals surface area contributed by atoms with Gasteiger partial charge in [0.1, 0.15) is 5.75 Å². The van der Waals surface area contributed by atoms with Crippen molar-refractivity contribution < 1.29 is 9.66 Å². The predicted molar refractivity (Wildman–Crippen MR) is 118 cm³/mol. The normalized spacial score (nSPS) is 19.5. The van der Waals surface area contributed by atoms with E-state index in [0.29, 0.717) is 22.8 Å². The highest BCUT2D eigenvalue weighted by Gasteiger charge is 2.43. The first-order valence-corrected chi connectivity index (χ1v) is 10.5. The molecule has 2 aliphatic rings. The fourth-order valence-corrected chi connectivity index (χ4v) is 4.39. The Kier molecular flexibility index (Phi) is 4.72. The van der Waals surface area contributed by atoms with Gasteiger partial charge in [0.15, 0.2) is 0 Å². The van der Waals surface area contributed by atoms with Gasteiger partial charge >= 0.3 is 0 Å². The second-order valence-electron chi connectivity index (χ2n) is 7.12. The largest absolute Gasteiger partial charge is 0.464 e. The van der Waals surface area contributed by atoms with Crippen LogP contribution in [0.1, 0.15) is 35.4 Å². The lowest BCUT2D eigenvalue weighted by atomic mass is 9.95. The summed E-state index contributed by atoms with van der Waals surface area (Å²) in [5.74, 6) is 0.663. The van der Waals surface area contributed by atoms with Gasteiger partial charge in [-0.15, -0.1) is 0 Å². The number of benzene rings is 3. The van der Waals surface area contributed by atoms with E-state index in [-0.39, 0.29) is 16.7 Å².